The Morgan fingerprint density at radius 2 is 2.29 bits per heavy atom. The molecule has 2 amide bonds. The second kappa shape index (κ2) is 8.23. The molecular formula is C21H17FN6O3. The Bertz CT molecular complexity index is 1200. The van der Waals surface area contributed by atoms with Crippen molar-refractivity contribution in [1.82, 2.24) is 25.1 Å². The second-order valence-electron chi connectivity index (χ2n) is 6.81. The molecule has 3 aromatic heterocycles. The van der Waals surface area contributed by atoms with Crippen LogP contribution in [0.25, 0.3) is 0 Å². The summed E-state index contributed by atoms with van der Waals surface area (Å²) in [6.07, 6.45) is 11.1. The van der Waals surface area contributed by atoms with Gasteiger partial charge in [0.25, 0.3) is 11.8 Å². The number of hydrogen-bond acceptors (Lipinski definition) is 6. The molecule has 0 radical (unpaired) electrons. The van der Waals surface area contributed by atoms with Crippen LogP contribution in [0, 0.1) is 18.2 Å². The number of fused-ring (bicyclic) bond motifs is 1. The molecule has 31 heavy (non-hydrogen) atoms. The number of nitrogens with zero attached hydrogens (tertiary/aromatic N) is 5. The monoisotopic (exact) mass is 420 g/mol. The van der Waals surface area contributed by atoms with Crippen LogP contribution in [0.1, 0.15) is 21.6 Å². The fraction of sp³-hybridized carbons (Fsp3) is 0.190. The lowest BCUT2D eigenvalue weighted by Gasteiger charge is -2.19. The van der Waals surface area contributed by atoms with E-state index >= 15 is 0 Å². The fourth-order valence-corrected chi connectivity index (χ4v) is 3.13. The van der Waals surface area contributed by atoms with Crippen LogP contribution in [-0.4, -0.2) is 51.3 Å². The van der Waals surface area contributed by atoms with Crippen molar-refractivity contribution in [3.63, 3.8) is 0 Å². The van der Waals surface area contributed by atoms with Crippen molar-refractivity contribution >= 4 is 17.6 Å². The van der Waals surface area contributed by atoms with Gasteiger partial charge in [0.05, 0.1) is 12.7 Å². The van der Waals surface area contributed by atoms with Crippen molar-refractivity contribution in [2.24, 2.45) is 0 Å². The molecule has 0 aliphatic carbocycles. The number of nitrogens with one attached hydrogen (secondary N) is 1. The molecule has 3 aromatic rings. The van der Waals surface area contributed by atoms with Crippen LogP contribution in [0.3, 0.4) is 0 Å². The summed E-state index contributed by atoms with van der Waals surface area (Å²) in [5.74, 6) is 1.12. The number of terminal acetylenes is 1. The molecular weight excluding hydrogens is 403 g/mol. The van der Waals surface area contributed by atoms with Gasteiger partial charge in [-0.25, -0.2) is 9.37 Å². The van der Waals surface area contributed by atoms with E-state index in [1.807, 2.05) is 0 Å². The van der Waals surface area contributed by atoms with Crippen molar-refractivity contribution < 1.29 is 18.7 Å². The maximum absolute atomic E-state index is 14.4. The zero-order valence-corrected chi connectivity index (χ0v) is 16.4. The normalized spacial score (nSPS) is 15.5. The zero-order valence-electron chi connectivity index (χ0n) is 16.4. The number of aromatic nitrogens is 4. The highest BCUT2D eigenvalue weighted by Crippen LogP contribution is 2.27. The first-order valence-electron chi connectivity index (χ1n) is 9.26. The van der Waals surface area contributed by atoms with Gasteiger partial charge in [-0.15, -0.1) is 6.42 Å². The van der Waals surface area contributed by atoms with E-state index in [1.54, 1.807) is 24.4 Å². The molecule has 1 aliphatic heterocycles. The number of hydrogen-bond donors (Lipinski definition) is 1. The van der Waals surface area contributed by atoms with Gasteiger partial charge in [-0.1, -0.05) is 5.92 Å². The fourth-order valence-electron chi connectivity index (χ4n) is 3.13. The SMILES string of the molecule is C#Cc1cncc(Cn2cc(F)c(C(=O)N[C@H]3COc4cccnc4N(C)C3=O)n2)c1. The maximum atomic E-state index is 14.4. The average Bonchev–Trinajstić information content (AvgIpc) is 3.10. The van der Waals surface area contributed by atoms with Gasteiger partial charge >= 0.3 is 0 Å². The van der Waals surface area contributed by atoms with Crippen LogP contribution < -0.4 is 15.0 Å². The third kappa shape index (κ3) is 4.06. The molecule has 156 valence electrons. The molecule has 10 heteroatoms. The summed E-state index contributed by atoms with van der Waals surface area (Å²) >= 11 is 0. The molecule has 4 rings (SSSR count). The Balaban J connectivity index is 1.49. The highest BCUT2D eigenvalue weighted by atomic mass is 19.1. The highest BCUT2D eigenvalue weighted by molar-refractivity contribution is 6.02. The predicted molar refractivity (Wildman–Crippen MR) is 108 cm³/mol. The Labute approximate surface area is 176 Å². The minimum atomic E-state index is -1.03. The molecule has 1 N–H and O–H groups in total. The zero-order chi connectivity index (χ0) is 22.0. The minimum absolute atomic E-state index is 0.125. The Morgan fingerprint density at radius 1 is 1.45 bits per heavy atom. The van der Waals surface area contributed by atoms with Crippen LogP contribution in [0.2, 0.25) is 0 Å². The summed E-state index contributed by atoms with van der Waals surface area (Å²) in [6, 6.07) is 4.03. The van der Waals surface area contributed by atoms with Crippen LogP contribution in [0.4, 0.5) is 10.2 Å². The van der Waals surface area contributed by atoms with Gasteiger partial charge in [-0.3, -0.25) is 24.2 Å². The van der Waals surface area contributed by atoms with E-state index in [1.165, 1.54) is 29.0 Å². The number of pyridine rings is 2. The molecule has 0 fully saturated rings. The number of anilines is 1. The molecule has 0 saturated heterocycles. The summed E-state index contributed by atoms with van der Waals surface area (Å²) in [5, 5.41) is 6.49. The number of ether oxygens (including phenoxy) is 1. The number of carbonyl (C=O) groups is 2. The van der Waals surface area contributed by atoms with Crippen molar-refractivity contribution in [2.75, 3.05) is 18.6 Å². The number of likely N-dealkylation sites (N-methyl/N-ethyl adjacent to an activating group) is 1. The quantitative estimate of drug-likeness (QED) is 0.632. The van der Waals surface area contributed by atoms with Crippen LogP contribution >= 0.6 is 0 Å². The summed E-state index contributed by atoms with van der Waals surface area (Å²) in [5.41, 5.74) is 0.843. The topological polar surface area (TPSA) is 102 Å². The van der Waals surface area contributed by atoms with Gasteiger partial charge in [0.15, 0.2) is 23.1 Å². The lowest BCUT2D eigenvalue weighted by molar-refractivity contribution is -0.120. The van der Waals surface area contributed by atoms with E-state index < -0.39 is 29.4 Å². The number of carbonyl (C=O) groups excluding carboxylic acids is 2. The number of halogens is 1. The van der Waals surface area contributed by atoms with Gasteiger partial charge < -0.3 is 10.1 Å². The molecule has 0 spiro atoms. The first-order chi connectivity index (χ1) is 15.0. The standard InChI is InChI=1S/C21H17FN6O3/c1-3-13-7-14(9-23-8-13)10-28-11-15(22)18(26-28)20(29)25-16-12-31-17-5-4-6-24-19(17)27(2)21(16)30/h1,4-9,11,16H,10,12H2,2H3,(H,25,29)/t16-/m0/s1. The summed E-state index contributed by atoms with van der Waals surface area (Å²) in [7, 11) is 1.52. The first kappa shape index (κ1) is 20.0. The van der Waals surface area contributed by atoms with E-state index in [2.05, 4.69) is 26.3 Å². The van der Waals surface area contributed by atoms with Crippen molar-refractivity contribution in [1.29, 1.82) is 0 Å². The lowest BCUT2D eigenvalue weighted by atomic mass is 10.2. The van der Waals surface area contributed by atoms with E-state index in [0.717, 1.165) is 6.20 Å². The van der Waals surface area contributed by atoms with Crippen LogP contribution in [0.15, 0.2) is 43.0 Å². The second-order valence-corrected chi connectivity index (χ2v) is 6.81. The minimum Gasteiger partial charge on any atom is -0.487 e. The molecule has 1 atom stereocenters. The van der Waals surface area contributed by atoms with E-state index in [-0.39, 0.29) is 13.2 Å². The van der Waals surface area contributed by atoms with Crippen LogP contribution in [-0.2, 0) is 11.3 Å². The first-order valence-corrected chi connectivity index (χ1v) is 9.26. The lowest BCUT2D eigenvalue weighted by Crippen LogP contribution is -2.49. The highest BCUT2D eigenvalue weighted by Gasteiger charge is 2.32. The Morgan fingerprint density at radius 3 is 3.10 bits per heavy atom. The molecule has 1 aliphatic rings. The number of amides is 2. The van der Waals surface area contributed by atoms with Gasteiger partial charge in [0, 0.05) is 31.2 Å². The van der Waals surface area contributed by atoms with Crippen molar-refractivity contribution in [3.05, 3.63) is 65.6 Å². The molecule has 0 aromatic carbocycles. The van der Waals surface area contributed by atoms with E-state index in [0.29, 0.717) is 22.7 Å². The molecule has 0 bridgehead atoms. The van der Waals surface area contributed by atoms with Gasteiger partial charge in [-0.2, -0.15) is 5.10 Å². The predicted octanol–water partition coefficient (Wildman–Crippen LogP) is 0.996. The third-order valence-corrected chi connectivity index (χ3v) is 4.65. The smallest absolute Gasteiger partial charge is 0.275 e. The molecule has 4 heterocycles. The number of rotatable bonds is 4. The maximum Gasteiger partial charge on any atom is 0.275 e. The van der Waals surface area contributed by atoms with E-state index in [4.69, 9.17) is 11.2 Å². The summed E-state index contributed by atoms with van der Waals surface area (Å²) in [4.78, 5) is 34.8. The molecule has 9 nitrogen and oxygen atoms in total. The summed E-state index contributed by atoms with van der Waals surface area (Å²) in [6.45, 7) is 0.0440. The largest absolute Gasteiger partial charge is 0.487 e. The average molecular weight is 420 g/mol. The van der Waals surface area contributed by atoms with Crippen LogP contribution in [0.5, 0.6) is 5.75 Å². The van der Waals surface area contributed by atoms with Gasteiger partial charge in [-0.05, 0) is 23.8 Å². The third-order valence-electron chi connectivity index (χ3n) is 4.65. The van der Waals surface area contributed by atoms with Crippen molar-refractivity contribution in [2.45, 2.75) is 12.6 Å². The van der Waals surface area contributed by atoms with Gasteiger partial charge in [0.1, 0.15) is 12.6 Å². The van der Waals surface area contributed by atoms with Crippen molar-refractivity contribution in [3.8, 4) is 18.1 Å². The van der Waals surface area contributed by atoms with E-state index in [9.17, 15) is 14.0 Å². The summed E-state index contributed by atoms with van der Waals surface area (Å²) < 4.78 is 21.3. The Hall–Kier alpha value is -4.26. The van der Waals surface area contributed by atoms with Gasteiger partial charge in [0.2, 0.25) is 0 Å². The Kier molecular flexibility index (Phi) is 5.32. The molecule has 0 saturated carbocycles. The molecule has 0 unspecified atom stereocenters.